The number of aromatic amines is 1. The third kappa shape index (κ3) is 2.96. The quantitative estimate of drug-likeness (QED) is 0.762. The molecule has 4 nitrogen and oxygen atoms in total. The summed E-state index contributed by atoms with van der Waals surface area (Å²) in [5.41, 5.74) is 1.61. The zero-order chi connectivity index (χ0) is 16.6. The van der Waals surface area contributed by atoms with Gasteiger partial charge < -0.3 is 10.3 Å². The molecule has 6 heteroatoms. The Hall–Kier alpha value is -3.02. The fraction of sp³-hybridized carbons (Fsp3) is 0.0588. The van der Waals surface area contributed by atoms with E-state index in [0.29, 0.717) is 11.2 Å². The molecule has 0 atom stereocenters. The summed E-state index contributed by atoms with van der Waals surface area (Å²) in [5, 5.41) is 3.44. The maximum atomic E-state index is 13.2. The molecular formula is C17H12F2N2O2. The number of hydrogen-bond acceptors (Lipinski definition) is 2. The molecule has 1 heterocycles. The van der Waals surface area contributed by atoms with Crippen LogP contribution in [0.1, 0.15) is 15.9 Å². The Balaban J connectivity index is 1.93. The van der Waals surface area contributed by atoms with Crippen molar-refractivity contribution in [2.45, 2.75) is 6.92 Å². The Bertz CT molecular complexity index is 980. The Kier molecular flexibility index (Phi) is 3.65. The highest BCUT2D eigenvalue weighted by atomic mass is 19.2. The van der Waals surface area contributed by atoms with Crippen molar-refractivity contribution in [1.82, 2.24) is 4.98 Å². The Labute approximate surface area is 129 Å². The van der Waals surface area contributed by atoms with Crippen molar-refractivity contribution in [3.8, 4) is 0 Å². The van der Waals surface area contributed by atoms with Crippen LogP contribution in [0.2, 0.25) is 0 Å². The molecule has 1 amide bonds. The molecule has 3 rings (SSSR count). The van der Waals surface area contributed by atoms with Gasteiger partial charge in [-0.25, -0.2) is 8.78 Å². The van der Waals surface area contributed by atoms with Crippen LogP contribution in [0.3, 0.4) is 0 Å². The predicted molar refractivity (Wildman–Crippen MR) is 83.6 cm³/mol. The van der Waals surface area contributed by atoms with Gasteiger partial charge in [0.2, 0.25) is 5.56 Å². The molecule has 0 radical (unpaired) electrons. The highest BCUT2D eigenvalue weighted by molar-refractivity contribution is 6.05. The van der Waals surface area contributed by atoms with E-state index in [4.69, 9.17) is 0 Å². The van der Waals surface area contributed by atoms with Crippen LogP contribution in [0.5, 0.6) is 0 Å². The van der Waals surface area contributed by atoms with E-state index in [1.807, 2.05) is 6.92 Å². The summed E-state index contributed by atoms with van der Waals surface area (Å²) in [4.78, 5) is 26.3. The number of carbonyl (C=O) groups is 1. The summed E-state index contributed by atoms with van der Waals surface area (Å²) >= 11 is 0. The maximum absolute atomic E-state index is 13.2. The summed E-state index contributed by atoms with van der Waals surface area (Å²) < 4.78 is 26.1. The molecule has 0 bridgehead atoms. The second-order valence-corrected chi connectivity index (χ2v) is 5.16. The molecule has 0 saturated heterocycles. The molecule has 2 aromatic carbocycles. The Morgan fingerprint density at radius 1 is 1.04 bits per heavy atom. The first-order chi connectivity index (χ1) is 10.9. The zero-order valence-corrected chi connectivity index (χ0v) is 12.1. The number of pyridine rings is 1. The van der Waals surface area contributed by atoms with Crippen molar-refractivity contribution in [1.29, 1.82) is 0 Å². The molecule has 0 aliphatic carbocycles. The predicted octanol–water partition coefficient (Wildman–Crippen LogP) is 3.37. The SMILES string of the molecule is Cc1cc(=O)[nH]c2cc(NC(=O)c3ccc(F)c(F)c3)ccc12. The van der Waals surface area contributed by atoms with Gasteiger partial charge in [-0.1, -0.05) is 6.07 Å². The second kappa shape index (κ2) is 5.64. The van der Waals surface area contributed by atoms with Crippen LogP contribution < -0.4 is 10.9 Å². The molecular weight excluding hydrogens is 302 g/mol. The fourth-order valence-electron chi connectivity index (χ4n) is 2.35. The monoisotopic (exact) mass is 314 g/mol. The normalized spacial score (nSPS) is 10.7. The standard InChI is InChI=1S/C17H12F2N2O2/c1-9-6-16(22)21-15-8-11(3-4-12(9)15)20-17(23)10-2-5-13(18)14(19)7-10/h2-8H,1H3,(H,20,23)(H,21,22). The lowest BCUT2D eigenvalue weighted by Gasteiger charge is -2.08. The van der Waals surface area contributed by atoms with Crippen LogP contribution in [0, 0.1) is 18.6 Å². The Morgan fingerprint density at radius 2 is 1.83 bits per heavy atom. The minimum absolute atomic E-state index is 0.00160. The van der Waals surface area contributed by atoms with Gasteiger partial charge in [0.1, 0.15) is 0 Å². The number of anilines is 1. The number of fused-ring (bicyclic) bond motifs is 1. The number of H-pyrrole nitrogens is 1. The van der Waals surface area contributed by atoms with Gasteiger partial charge in [-0.05, 0) is 42.8 Å². The molecule has 0 unspecified atom stereocenters. The summed E-state index contributed by atoms with van der Waals surface area (Å²) in [6.07, 6.45) is 0. The van der Waals surface area contributed by atoms with E-state index in [0.717, 1.165) is 23.1 Å². The molecule has 0 fully saturated rings. The number of hydrogen-bond donors (Lipinski definition) is 2. The topological polar surface area (TPSA) is 62.0 Å². The summed E-state index contributed by atoms with van der Waals surface area (Å²) in [5.74, 6) is -2.67. The maximum Gasteiger partial charge on any atom is 0.255 e. The first kappa shape index (κ1) is 14.9. The van der Waals surface area contributed by atoms with Gasteiger partial charge in [-0.2, -0.15) is 0 Å². The molecule has 23 heavy (non-hydrogen) atoms. The minimum atomic E-state index is -1.09. The van der Waals surface area contributed by atoms with E-state index in [-0.39, 0.29) is 11.1 Å². The van der Waals surface area contributed by atoms with Gasteiger partial charge >= 0.3 is 0 Å². The van der Waals surface area contributed by atoms with Crippen LogP contribution in [0.4, 0.5) is 14.5 Å². The van der Waals surface area contributed by atoms with Gasteiger partial charge in [0.15, 0.2) is 11.6 Å². The van der Waals surface area contributed by atoms with E-state index in [2.05, 4.69) is 10.3 Å². The molecule has 116 valence electrons. The number of aromatic nitrogens is 1. The molecule has 0 spiro atoms. The van der Waals surface area contributed by atoms with E-state index < -0.39 is 17.5 Å². The average Bonchev–Trinajstić information content (AvgIpc) is 2.49. The largest absolute Gasteiger partial charge is 0.322 e. The molecule has 2 N–H and O–H groups in total. The Morgan fingerprint density at radius 3 is 2.57 bits per heavy atom. The van der Waals surface area contributed by atoms with E-state index in [9.17, 15) is 18.4 Å². The number of aryl methyl sites for hydroxylation is 1. The highest BCUT2D eigenvalue weighted by Gasteiger charge is 2.10. The molecule has 0 saturated carbocycles. The van der Waals surface area contributed by atoms with Gasteiger partial charge in [0.05, 0.1) is 5.52 Å². The van der Waals surface area contributed by atoms with Crippen LogP contribution in [0.15, 0.2) is 47.3 Å². The number of amides is 1. The van der Waals surface area contributed by atoms with E-state index in [1.165, 1.54) is 12.1 Å². The van der Waals surface area contributed by atoms with Gasteiger partial charge in [0.25, 0.3) is 5.91 Å². The van der Waals surface area contributed by atoms with Crippen molar-refractivity contribution in [2.75, 3.05) is 5.32 Å². The molecule has 0 aliphatic heterocycles. The van der Waals surface area contributed by atoms with Crippen LogP contribution >= 0.6 is 0 Å². The van der Waals surface area contributed by atoms with Gasteiger partial charge in [-0.15, -0.1) is 0 Å². The van der Waals surface area contributed by atoms with Gasteiger partial charge in [0, 0.05) is 22.7 Å². The van der Waals surface area contributed by atoms with Crippen molar-refractivity contribution in [3.63, 3.8) is 0 Å². The number of nitrogens with one attached hydrogen (secondary N) is 2. The lowest BCUT2D eigenvalue weighted by Crippen LogP contribution is -2.13. The molecule has 3 aromatic rings. The fourth-order valence-corrected chi connectivity index (χ4v) is 2.35. The third-order valence-corrected chi connectivity index (χ3v) is 3.49. The second-order valence-electron chi connectivity index (χ2n) is 5.16. The molecule has 0 aliphatic rings. The van der Waals surface area contributed by atoms with E-state index >= 15 is 0 Å². The third-order valence-electron chi connectivity index (χ3n) is 3.49. The van der Waals surface area contributed by atoms with Crippen molar-refractivity contribution >= 4 is 22.5 Å². The number of rotatable bonds is 2. The van der Waals surface area contributed by atoms with Crippen LogP contribution in [-0.4, -0.2) is 10.9 Å². The van der Waals surface area contributed by atoms with Gasteiger partial charge in [-0.3, -0.25) is 9.59 Å². The van der Waals surface area contributed by atoms with Crippen LogP contribution in [-0.2, 0) is 0 Å². The van der Waals surface area contributed by atoms with E-state index in [1.54, 1.807) is 18.2 Å². The summed E-state index contributed by atoms with van der Waals surface area (Å²) in [6, 6.07) is 9.46. The number of halogens is 2. The van der Waals surface area contributed by atoms with Crippen molar-refractivity contribution < 1.29 is 13.6 Å². The highest BCUT2D eigenvalue weighted by Crippen LogP contribution is 2.20. The summed E-state index contributed by atoms with van der Waals surface area (Å²) in [7, 11) is 0. The first-order valence-electron chi connectivity index (χ1n) is 6.84. The smallest absolute Gasteiger partial charge is 0.255 e. The number of benzene rings is 2. The van der Waals surface area contributed by atoms with Crippen LogP contribution in [0.25, 0.3) is 10.9 Å². The number of carbonyl (C=O) groups excluding carboxylic acids is 1. The zero-order valence-electron chi connectivity index (χ0n) is 12.1. The molecule has 1 aromatic heterocycles. The summed E-state index contributed by atoms with van der Waals surface area (Å²) in [6.45, 7) is 1.82. The minimum Gasteiger partial charge on any atom is -0.322 e. The first-order valence-corrected chi connectivity index (χ1v) is 6.84. The van der Waals surface area contributed by atoms with Crippen molar-refractivity contribution in [2.24, 2.45) is 0 Å². The lowest BCUT2D eigenvalue weighted by molar-refractivity contribution is 0.102. The average molecular weight is 314 g/mol. The van der Waals surface area contributed by atoms with Crippen molar-refractivity contribution in [3.05, 3.63) is 75.6 Å². The lowest BCUT2D eigenvalue weighted by atomic mass is 10.1.